The molecule has 4 nitrogen and oxygen atoms in total. The lowest BCUT2D eigenvalue weighted by atomic mass is 10.2. The van der Waals surface area contributed by atoms with Crippen LogP contribution in [0.1, 0.15) is 12.0 Å². The van der Waals surface area contributed by atoms with Crippen molar-refractivity contribution in [2.24, 2.45) is 0 Å². The first-order valence-electron chi connectivity index (χ1n) is 5.89. The first kappa shape index (κ1) is 14.0. The number of nitrogens with one attached hydrogen (secondary N) is 1. The van der Waals surface area contributed by atoms with Gasteiger partial charge in [0.1, 0.15) is 5.25 Å². The molecular formula is C12H16BrNO3S. The topological polar surface area (TPSA) is 55.4 Å². The number of rotatable bonds is 5. The molecule has 0 aliphatic carbocycles. The van der Waals surface area contributed by atoms with E-state index in [9.17, 15) is 8.42 Å². The van der Waals surface area contributed by atoms with E-state index in [2.05, 4.69) is 20.7 Å². The summed E-state index contributed by atoms with van der Waals surface area (Å²) in [6.07, 6.45) is 1.26. The summed E-state index contributed by atoms with van der Waals surface area (Å²) in [5, 5.41) is -0.392. The van der Waals surface area contributed by atoms with Crippen molar-refractivity contribution in [3.8, 4) is 0 Å². The van der Waals surface area contributed by atoms with Gasteiger partial charge in [-0.1, -0.05) is 34.1 Å². The van der Waals surface area contributed by atoms with Crippen LogP contribution in [0, 0.1) is 0 Å². The van der Waals surface area contributed by atoms with E-state index in [1.54, 1.807) is 0 Å². The molecule has 6 heteroatoms. The van der Waals surface area contributed by atoms with Crippen LogP contribution in [-0.4, -0.2) is 33.4 Å². The Kier molecular flexibility index (Phi) is 4.77. The summed E-state index contributed by atoms with van der Waals surface area (Å²) in [5.74, 6) is 0. The van der Waals surface area contributed by atoms with E-state index in [1.165, 1.54) is 0 Å². The molecule has 1 unspecified atom stereocenters. The first-order valence-corrected chi connectivity index (χ1v) is 8.23. The van der Waals surface area contributed by atoms with Crippen LogP contribution in [0.3, 0.4) is 0 Å². The minimum Gasteiger partial charge on any atom is -0.380 e. The fourth-order valence-electron chi connectivity index (χ4n) is 1.90. The van der Waals surface area contributed by atoms with Crippen molar-refractivity contribution in [3.63, 3.8) is 0 Å². The highest BCUT2D eigenvalue weighted by atomic mass is 79.9. The SMILES string of the molecule is O=S(=O)(NCCc1ccccc1Br)C1CCOC1. The van der Waals surface area contributed by atoms with Gasteiger partial charge in [-0.05, 0) is 24.5 Å². The van der Waals surface area contributed by atoms with E-state index < -0.39 is 15.3 Å². The molecule has 0 spiro atoms. The lowest BCUT2D eigenvalue weighted by Crippen LogP contribution is -2.35. The summed E-state index contributed by atoms with van der Waals surface area (Å²) in [6.45, 7) is 1.27. The Hall–Kier alpha value is -0.430. The predicted octanol–water partition coefficient (Wildman–Crippen LogP) is 1.70. The van der Waals surface area contributed by atoms with Gasteiger partial charge < -0.3 is 4.74 Å². The molecule has 1 aliphatic heterocycles. The molecule has 2 rings (SSSR count). The lowest BCUT2D eigenvalue weighted by Gasteiger charge is -2.11. The van der Waals surface area contributed by atoms with Crippen molar-refractivity contribution in [2.45, 2.75) is 18.1 Å². The quantitative estimate of drug-likeness (QED) is 0.892. The molecule has 0 radical (unpaired) electrons. The highest BCUT2D eigenvalue weighted by Crippen LogP contribution is 2.16. The minimum absolute atomic E-state index is 0.310. The predicted molar refractivity (Wildman–Crippen MR) is 74.0 cm³/mol. The third-order valence-electron chi connectivity index (χ3n) is 2.98. The van der Waals surface area contributed by atoms with Crippen LogP contribution in [0.15, 0.2) is 28.7 Å². The average molecular weight is 334 g/mol. The Morgan fingerprint density at radius 1 is 1.39 bits per heavy atom. The highest BCUT2D eigenvalue weighted by molar-refractivity contribution is 9.10. The third-order valence-corrected chi connectivity index (χ3v) is 5.61. The zero-order chi connectivity index (χ0) is 13.0. The van der Waals surface area contributed by atoms with Gasteiger partial charge in [0, 0.05) is 17.6 Å². The smallest absolute Gasteiger partial charge is 0.216 e. The Bertz CT molecular complexity index is 498. The Morgan fingerprint density at radius 3 is 2.83 bits per heavy atom. The fraction of sp³-hybridized carbons (Fsp3) is 0.500. The molecular weight excluding hydrogens is 318 g/mol. The molecule has 0 saturated carbocycles. The summed E-state index contributed by atoms with van der Waals surface area (Å²) >= 11 is 3.45. The van der Waals surface area contributed by atoms with Gasteiger partial charge in [-0.3, -0.25) is 0 Å². The van der Waals surface area contributed by atoms with Gasteiger partial charge in [0.05, 0.1) is 6.61 Å². The maximum atomic E-state index is 11.9. The summed E-state index contributed by atoms with van der Waals surface area (Å²) in [7, 11) is -3.23. The van der Waals surface area contributed by atoms with Crippen LogP contribution < -0.4 is 4.72 Å². The highest BCUT2D eigenvalue weighted by Gasteiger charge is 2.28. The summed E-state index contributed by atoms with van der Waals surface area (Å²) in [4.78, 5) is 0. The van der Waals surface area contributed by atoms with Crippen molar-refractivity contribution >= 4 is 26.0 Å². The lowest BCUT2D eigenvalue weighted by molar-refractivity contribution is 0.198. The monoisotopic (exact) mass is 333 g/mol. The summed E-state index contributed by atoms with van der Waals surface area (Å²) in [6, 6.07) is 7.82. The minimum atomic E-state index is -3.23. The average Bonchev–Trinajstić information content (AvgIpc) is 2.86. The third kappa shape index (κ3) is 3.54. The Balaban J connectivity index is 1.87. The molecule has 0 amide bonds. The van der Waals surface area contributed by atoms with Gasteiger partial charge in [-0.15, -0.1) is 0 Å². The Labute approximate surface area is 116 Å². The van der Waals surface area contributed by atoms with Crippen LogP contribution >= 0.6 is 15.9 Å². The van der Waals surface area contributed by atoms with Gasteiger partial charge in [-0.25, -0.2) is 13.1 Å². The van der Waals surface area contributed by atoms with E-state index >= 15 is 0 Å². The molecule has 18 heavy (non-hydrogen) atoms. The van der Waals surface area contributed by atoms with Gasteiger partial charge in [0.2, 0.25) is 10.0 Å². The second kappa shape index (κ2) is 6.14. The maximum absolute atomic E-state index is 11.9. The van der Waals surface area contributed by atoms with Crippen LogP contribution in [0.5, 0.6) is 0 Å². The van der Waals surface area contributed by atoms with Crippen LogP contribution in [0.2, 0.25) is 0 Å². The molecule has 1 aliphatic rings. The van der Waals surface area contributed by atoms with Gasteiger partial charge in [0.25, 0.3) is 0 Å². The van der Waals surface area contributed by atoms with Crippen molar-refractivity contribution in [2.75, 3.05) is 19.8 Å². The normalized spacial score (nSPS) is 20.2. The first-order chi connectivity index (χ1) is 8.59. The van der Waals surface area contributed by atoms with Crippen molar-refractivity contribution in [1.82, 2.24) is 4.72 Å². The number of sulfonamides is 1. The summed E-state index contributed by atoms with van der Waals surface area (Å²) < 4.78 is 32.6. The zero-order valence-electron chi connectivity index (χ0n) is 9.93. The van der Waals surface area contributed by atoms with E-state index in [4.69, 9.17) is 4.74 Å². The molecule has 0 bridgehead atoms. The van der Waals surface area contributed by atoms with Crippen LogP contribution in [0.4, 0.5) is 0 Å². The molecule has 1 fully saturated rings. The summed E-state index contributed by atoms with van der Waals surface area (Å²) in [5.41, 5.74) is 1.10. The largest absolute Gasteiger partial charge is 0.380 e. The second-order valence-electron chi connectivity index (χ2n) is 4.27. The van der Waals surface area contributed by atoms with Crippen LogP contribution in [0.25, 0.3) is 0 Å². The molecule has 1 aromatic carbocycles. The molecule has 1 N–H and O–H groups in total. The number of halogens is 1. The standard InChI is InChI=1S/C12H16BrNO3S/c13-12-4-2-1-3-10(12)5-7-14-18(15,16)11-6-8-17-9-11/h1-4,11,14H,5-9H2. The second-order valence-corrected chi connectivity index (χ2v) is 7.17. The number of ether oxygens (including phenoxy) is 1. The fourth-order valence-corrected chi connectivity index (χ4v) is 3.69. The number of hydrogen-bond donors (Lipinski definition) is 1. The van der Waals surface area contributed by atoms with Gasteiger partial charge in [-0.2, -0.15) is 0 Å². The molecule has 0 aromatic heterocycles. The Morgan fingerprint density at radius 2 is 2.17 bits per heavy atom. The van der Waals surface area contributed by atoms with Crippen molar-refractivity contribution < 1.29 is 13.2 Å². The zero-order valence-corrected chi connectivity index (χ0v) is 12.3. The van der Waals surface area contributed by atoms with E-state index in [-0.39, 0.29) is 0 Å². The van der Waals surface area contributed by atoms with Crippen molar-refractivity contribution in [3.05, 3.63) is 34.3 Å². The van der Waals surface area contributed by atoms with E-state index in [1.807, 2.05) is 24.3 Å². The van der Waals surface area contributed by atoms with E-state index in [0.29, 0.717) is 32.6 Å². The molecule has 1 saturated heterocycles. The molecule has 1 aromatic rings. The number of hydrogen-bond acceptors (Lipinski definition) is 3. The molecule has 1 atom stereocenters. The van der Waals surface area contributed by atoms with Crippen LogP contribution in [-0.2, 0) is 21.2 Å². The van der Waals surface area contributed by atoms with E-state index in [0.717, 1.165) is 10.0 Å². The molecule has 100 valence electrons. The van der Waals surface area contributed by atoms with Gasteiger partial charge >= 0.3 is 0 Å². The van der Waals surface area contributed by atoms with Crippen molar-refractivity contribution in [1.29, 1.82) is 0 Å². The number of benzene rings is 1. The molecule has 1 heterocycles. The van der Waals surface area contributed by atoms with Gasteiger partial charge in [0.15, 0.2) is 0 Å². The maximum Gasteiger partial charge on any atom is 0.216 e.